The molecule has 3 heteroatoms. The molecule has 0 fully saturated rings. The number of aliphatic hydroxyl groups is 1. The Labute approximate surface area is 99.8 Å². The van der Waals surface area contributed by atoms with Gasteiger partial charge < -0.3 is 10.4 Å². The summed E-state index contributed by atoms with van der Waals surface area (Å²) >= 11 is 3.46. The molecule has 0 aliphatic heterocycles. The van der Waals surface area contributed by atoms with Gasteiger partial charge in [-0.1, -0.05) is 28.1 Å². The lowest BCUT2D eigenvalue weighted by molar-refractivity contribution is 0.283. The van der Waals surface area contributed by atoms with E-state index in [1.54, 1.807) is 0 Å². The van der Waals surface area contributed by atoms with Crippen LogP contribution in [0.3, 0.4) is 0 Å². The molecule has 0 radical (unpaired) electrons. The van der Waals surface area contributed by atoms with Crippen LogP contribution in [0.2, 0.25) is 0 Å². The number of nitrogens with one attached hydrogen (secondary N) is 1. The average molecular weight is 272 g/mol. The van der Waals surface area contributed by atoms with Crippen LogP contribution in [-0.2, 0) is 0 Å². The van der Waals surface area contributed by atoms with Crippen LogP contribution in [0.5, 0.6) is 0 Å². The van der Waals surface area contributed by atoms with Crippen molar-refractivity contribution in [1.82, 2.24) is 5.32 Å². The van der Waals surface area contributed by atoms with Gasteiger partial charge in [0.1, 0.15) is 0 Å². The van der Waals surface area contributed by atoms with Crippen LogP contribution in [0.1, 0.15) is 31.4 Å². The number of aliphatic hydroxyl groups excluding tert-OH is 1. The summed E-state index contributed by atoms with van der Waals surface area (Å²) in [5, 5.41) is 12.1. The summed E-state index contributed by atoms with van der Waals surface area (Å²) < 4.78 is 1.11. The van der Waals surface area contributed by atoms with E-state index in [2.05, 4.69) is 40.3 Å². The van der Waals surface area contributed by atoms with Gasteiger partial charge in [0.15, 0.2) is 0 Å². The second-order valence-corrected chi connectivity index (χ2v) is 4.58. The third-order valence-corrected chi connectivity index (χ3v) is 2.88. The van der Waals surface area contributed by atoms with Crippen LogP contribution in [-0.4, -0.2) is 18.3 Å². The van der Waals surface area contributed by atoms with Crippen LogP contribution < -0.4 is 5.32 Å². The van der Waals surface area contributed by atoms with Gasteiger partial charge >= 0.3 is 0 Å². The molecule has 0 spiro atoms. The van der Waals surface area contributed by atoms with Gasteiger partial charge in [-0.05, 0) is 44.0 Å². The average Bonchev–Trinajstić information content (AvgIpc) is 2.24. The maximum Gasteiger partial charge on any atom is 0.0431 e. The molecule has 1 rings (SSSR count). The normalized spacial score (nSPS) is 12.7. The fourth-order valence-electron chi connectivity index (χ4n) is 1.45. The van der Waals surface area contributed by atoms with Crippen LogP contribution in [0, 0.1) is 0 Å². The summed E-state index contributed by atoms with van der Waals surface area (Å²) in [6.45, 7) is 3.39. The number of benzene rings is 1. The molecule has 1 aromatic rings. The fourth-order valence-corrected chi connectivity index (χ4v) is 1.87. The first-order chi connectivity index (χ1) is 7.24. The third kappa shape index (κ3) is 4.78. The van der Waals surface area contributed by atoms with Gasteiger partial charge in [-0.2, -0.15) is 0 Å². The van der Waals surface area contributed by atoms with E-state index in [-0.39, 0.29) is 6.61 Å². The minimum absolute atomic E-state index is 0.285. The Kier molecular flexibility index (Phi) is 5.91. The molecular formula is C12H18BrNO. The molecular weight excluding hydrogens is 254 g/mol. The number of unbranched alkanes of at least 4 members (excludes halogenated alkanes) is 1. The molecule has 2 nitrogen and oxygen atoms in total. The lowest BCUT2D eigenvalue weighted by atomic mass is 10.1. The highest BCUT2D eigenvalue weighted by Crippen LogP contribution is 2.17. The molecule has 84 valence electrons. The standard InChI is InChI=1S/C12H18BrNO/c1-10(14-7-2-3-8-15)11-5-4-6-12(13)9-11/h4-6,9-10,14-15H,2-3,7-8H2,1H3/t10-/m1/s1. The monoisotopic (exact) mass is 271 g/mol. The Bertz CT molecular complexity index is 291. The zero-order valence-corrected chi connectivity index (χ0v) is 10.6. The van der Waals surface area contributed by atoms with Crippen molar-refractivity contribution in [1.29, 1.82) is 0 Å². The molecule has 0 heterocycles. The van der Waals surface area contributed by atoms with E-state index in [9.17, 15) is 0 Å². The van der Waals surface area contributed by atoms with Gasteiger partial charge in [-0.3, -0.25) is 0 Å². The van der Waals surface area contributed by atoms with Gasteiger partial charge in [-0.25, -0.2) is 0 Å². The summed E-state index contributed by atoms with van der Waals surface area (Å²) in [5.74, 6) is 0. The predicted octanol–water partition coefficient (Wildman–Crippen LogP) is 2.87. The Balaban J connectivity index is 2.36. The van der Waals surface area contributed by atoms with E-state index in [1.807, 2.05) is 12.1 Å². The summed E-state index contributed by atoms with van der Waals surface area (Å²) in [7, 11) is 0. The molecule has 0 saturated carbocycles. The van der Waals surface area contributed by atoms with Crippen molar-refractivity contribution in [3.05, 3.63) is 34.3 Å². The van der Waals surface area contributed by atoms with E-state index >= 15 is 0 Å². The molecule has 15 heavy (non-hydrogen) atoms. The molecule has 1 atom stereocenters. The molecule has 0 unspecified atom stereocenters. The molecule has 0 saturated heterocycles. The highest BCUT2D eigenvalue weighted by molar-refractivity contribution is 9.10. The topological polar surface area (TPSA) is 32.3 Å². The highest BCUT2D eigenvalue weighted by Gasteiger charge is 2.03. The summed E-state index contributed by atoms with van der Waals surface area (Å²) in [6, 6.07) is 8.69. The van der Waals surface area contributed by atoms with E-state index in [0.717, 1.165) is 23.9 Å². The van der Waals surface area contributed by atoms with Crippen LogP contribution in [0.4, 0.5) is 0 Å². The zero-order valence-electron chi connectivity index (χ0n) is 9.04. The van der Waals surface area contributed by atoms with Gasteiger partial charge in [0.05, 0.1) is 0 Å². The van der Waals surface area contributed by atoms with Crippen LogP contribution in [0.25, 0.3) is 0 Å². The van der Waals surface area contributed by atoms with Crippen molar-refractivity contribution in [3.63, 3.8) is 0 Å². The maximum atomic E-state index is 8.65. The number of hydrogen-bond donors (Lipinski definition) is 2. The summed E-state index contributed by atoms with van der Waals surface area (Å²) in [6.07, 6.45) is 1.90. The minimum Gasteiger partial charge on any atom is -0.396 e. The van der Waals surface area contributed by atoms with E-state index in [1.165, 1.54) is 5.56 Å². The van der Waals surface area contributed by atoms with Crippen molar-refractivity contribution in [2.75, 3.05) is 13.2 Å². The molecule has 0 bridgehead atoms. The lowest BCUT2D eigenvalue weighted by Gasteiger charge is -2.14. The van der Waals surface area contributed by atoms with Gasteiger partial charge in [0, 0.05) is 17.1 Å². The van der Waals surface area contributed by atoms with Crippen molar-refractivity contribution < 1.29 is 5.11 Å². The van der Waals surface area contributed by atoms with Gasteiger partial charge in [0.25, 0.3) is 0 Å². The van der Waals surface area contributed by atoms with E-state index in [4.69, 9.17) is 5.11 Å². The van der Waals surface area contributed by atoms with Crippen molar-refractivity contribution in [3.8, 4) is 0 Å². The highest BCUT2D eigenvalue weighted by atomic mass is 79.9. The first kappa shape index (κ1) is 12.7. The number of halogens is 1. The first-order valence-electron chi connectivity index (χ1n) is 5.33. The number of hydrogen-bond acceptors (Lipinski definition) is 2. The second-order valence-electron chi connectivity index (χ2n) is 3.66. The molecule has 1 aromatic carbocycles. The van der Waals surface area contributed by atoms with E-state index < -0.39 is 0 Å². The first-order valence-corrected chi connectivity index (χ1v) is 6.13. The van der Waals surface area contributed by atoms with Crippen molar-refractivity contribution in [2.24, 2.45) is 0 Å². The maximum absolute atomic E-state index is 8.65. The van der Waals surface area contributed by atoms with Crippen LogP contribution in [0.15, 0.2) is 28.7 Å². The second kappa shape index (κ2) is 6.99. The smallest absolute Gasteiger partial charge is 0.0431 e. The molecule has 0 aliphatic rings. The molecule has 0 aromatic heterocycles. The predicted molar refractivity (Wildman–Crippen MR) is 66.9 cm³/mol. The molecule has 0 aliphatic carbocycles. The number of rotatable bonds is 6. The molecule has 0 amide bonds. The lowest BCUT2D eigenvalue weighted by Crippen LogP contribution is -2.20. The fraction of sp³-hybridized carbons (Fsp3) is 0.500. The SMILES string of the molecule is C[C@@H](NCCCCO)c1cccc(Br)c1. The minimum atomic E-state index is 0.285. The summed E-state index contributed by atoms with van der Waals surface area (Å²) in [4.78, 5) is 0. The Morgan fingerprint density at radius 3 is 2.87 bits per heavy atom. The quantitative estimate of drug-likeness (QED) is 0.780. The van der Waals surface area contributed by atoms with Crippen molar-refractivity contribution >= 4 is 15.9 Å². The third-order valence-electron chi connectivity index (χ3n) is 2.38. The van der Waals surface area contributed by atoms with E-state index in [0.29, 0.717) is 6.04 Å². The Hall–Kier alpha value is -0.380. The van der Waals surface area contributed by atoms with Gasteiger partial charge in [-0.15, -0.1) is 0 Å². The summed E-state index contributed by atoms with van der Waals surface area (Å²) in [5.41, 5.74) is 1.29. The Morgan fingerprint density at radius 1 is 1.40 bits per heavy atom. The van der Waals surface area contributed by atoms with Crippen LogP contribution >= 0.6 is 15.9 Å². The van der Waals surface area contributed by atoms with Gasteiger partial charge in [0.2, 0.25) is 0 Å². The van der Waals surface area contributed by atoms with Crippen molar-refractivity contribution in [2.45, 2.75) is 25.8 Å². The zero-order chi connectivity index (χ0) is 11.1. The molecule has 2 N–H and O–H groups in total. The largest absolute Gasteiger partial charge is 0.396 e. The Morgan fingerprint density at radius 2 is 2.20 bits per heavy atom.